The van der Waals surface area contributed by atoms with Gasteiger partial charge in [-0.15, -0.1) is 0 Å². The maximum atomic E-state index is 14.0. The van der Waals surface area contributed by atoms with Crippen molar-refractivity contribution in [1.82, 2.24) is 0 Å². The molecule has 0 spiro atoms. The van der Waals surface area contributed by atoms with Gasteiger partial charge in [0.2, 0.25) is 0 Å². The van der Waals surface area contributed by atoms with Crippen molar-refractivity contribution in [3.8, 4) is 23.0 Å². The van der Waals surface area contributed by atoms with E-state index in [1.807, 2.05) is 95.7 Å². The van der Waals surface area contributed by atoms with Gasteiger partial charge in [-0.1, -0.05) is 36.4 Å². The summed E-state index contributed by atoms with van der Waals surface area (Å²) in [5, 5.41) is 0. The van der Waals surface area contributed by atoms with Crippen molar-refractivity contribution in [2.75, 3.05) is 30.6 Å². The van der Waals surface area contributed by atoms with Crippen LogP contribution in [0.25, 0.3) is 0 Å². The fraction of sp³-hybridized carbons (Fsp3) is 0.306. The molecule has 0 aromatic heterocycles. The van der Waals surface area contributed by atoms with Crippen LogP contribution >= 0.6 is 0 Å². The van der Waals surface area contributed by atoms with Gasteiger partial charge in [-0.3, -0.25) is 24.3 Å². The van der Waals surface area contributed by atoms with Crippen molar-refractivity contribution in [3.63, 3.8) is 0 Å². The van der Waals surface area contributed by atoms with E-state index in [4.69, 9.17) is 28.7 Å². The molecule has 2 amide bonds. The molecule has 0 fully saturated rings. The molecule has 0 bridgehead atoms. The molecule has 306 valence electrons. The molecular formula is C49H47N3O8. The zero-order valence-electron chi connectivity index (χ0n) is 34.1. The zero-order chi connectivity index (χ0) is 41.3. The van der Waals surface area contributed by atoms with E-state index in [9.17, 15) is 14.4 Å². The summed E-state index contributed by atoms with van der Waals surface area (Å²) in [4.78, 5) is 48.1. The summed E-state index contributed by atoms with van der Waals surface area (Å²) in [5.74, 6) is 1.91. The number of hydrogen-bond acceptors (Lipinski definition) is 9. The fourth-order valence-corrected chi connectivity index (χ4v) is 8.86. The SMILES string of the molecule is COC(=O)CCCCOc1cc(COc2cc3c(cc2C)C(=O)N2c4ccccc4C[C@H]2CC3)cc(COc2cc3c(cc2OC)C(=O)N2c4ccccc4C[C@H]2C=N3)c1. The second-order valence-electron chi connectivity index (χ2n) is 15.8. The van der Waals surface area contributed by atoms with Gasteiger partial charge in [-0.25, -0.2) is 0 Å². The number of carbonyl (C=O) groups is 3. The molecule has 11 nitrogen and oxygen atoms in total. The molecule has 0 unspecified atom stereocenters. The molecule has 4 aliphatic rings. The number of fused-ring (bicyclic) bond motifs is 8. The third kappa shape index (κ3) is 7.56. The smallest absolute Gasteiger partial charge is 0.305 e. The van der Waals surface area contributed by atoms with Gasteiger partial charge < -0.3 is 28.6 Å². The summed E-state index contributed by atoms with van der Waals surface area (Å²) in [6.45, 7) is 2.81. The molecule has 0 radical (unpaired) electrons. The lowest BCUT2D eigenvalue weighted by molar-refractivity contribution is -0.140. The van der Waals surface area contributed by atoms with E-state index in [0.717, 1.165) is 69.8 Å². The highest BCUT2D eigenvalue weighted by atomic mass is 16.5. The number of anilines is 2. The van der Waals surface area contributed by atoms with Crippen molar-refractivity contribution in [1.29, 1.82) is 0 Å². The summed E-state index contributed by atoms with van der Waals surface area (Å²) in [6, 6.07) is 29.5. The van der Waals surface area contributed by atoms with Crippen LogP contribution in [0.2, 0.25) is 0 Å². The van der Waals surface area contributed by atoms with E-state index in [1.165, 1.54) is 12.7 Å². The molecule has 0 saturated carbocycles. The van der Waals surface area contributed by atoms with Gasteiger partial charge in [0.05, 0.1) is 38.1 Å². The number of aryl methyl sites for hydroxylation is 2. The molecule has 2 atom stereocenters. The van der Waals surface area contributed by atoms with E-state index < -0.39 is 0 Å². The van der Waals surface area contributed by atoms with Gasteiger partial charge in [0.15, 0.2) is 11.5 Å². The first kappa shape index (κ1) is 38.9. The predicted molar refractivity (Wildman–Crippen MR) is 229 cm³/mol. The van der Waals surface area contributed by atoms with Crippen LogP contribution in [0.15, 0.2) is 96.0 Å². The van der Waals surface area contributed by atoms with Crippen LogP contribution in [0.4, 0.5) is 17.1 Å². The van der Waals surface area contributed by atoms with Crippen LogP contribution in [-0.4, -0.2) is 56.9 Å². The predicted octanol–water partition coefficient (Wildman–Crippen LogP) is 8.69. The Kier molecular flexibility index (Phi) is 10.7. The van der Waals surface area contributed by atoms with E-state index in [0.29, 0.717) is 60.8 Å². The lowest BCUT2D eigenvalue weighted by Gasteiger charge is -2.23. The Balaban J connectivity index is 0.938. The number of rotatable bonds is 13. The van der Waals surface area contributed by atoms with Crippen LogP contribution in [0.1, 0.15) is 79.8 Å². The highest BCUT2D eigenvalue weighted by Gasteiger charge is 2.38. The van der Waals surface area contributed by atoms with E-state index in [1.54, 1.807) is 19.2 Å². The van der Waals surface area contributed by atoms with Crippen LogP contribution in [-0.2, 0) is 42.0 Å². The number of benzene rings is 5. The molecule has 4 aliphatic heterocycles. The first-order valence-electron chi connectivity index (χ1n) is 20.6. The number of amides is 2. The van der Waals surface area contributed by atoms with Crippen molar-refractivity contribution in [2.24, 2.45) is 4.99 Å². The molecular weight excluding hydrogens is 759 g/mol. The Labute approximate surface area is 349 Å². The molecule has 4 heterocycles. The number of hydrogen-bond donors (Lipinski definition) is 0. The quantitative estimate of drug-likeness (QED) is 0.0858. The number of aliphatic imine (C=N–C) groups is 1. The van der Waals surface area contributed by atoms with Gasteiger partial charge in [0.25, 0.3) is 11.8 Å². The van der Waals surface area contributed by atoms with Gasteiger partial charge in [-0.2, -0.15) is 0 Å². The normalized spacial score (nSPS) is 17.1. The summed E-state index contributed by atoms with van der Waals surface area (Å²) in [5.41, 5.74) is 9.53. The Bertz CT molecular complexity index is 2530. The highest BCUT2D eigenvalue weighted by Crippen LogP contribution is 2.42. The molecule has 0 saturated heterocycles. The van der Waals surface area contributed by atoms with Crippen LogP contribution in [0.5, 0.6) is 23.0 Å². The number of esters is 1. The lowest BCUT2D eigenvalue weighted by Crippen LogP contribution is -2.37. The van der Waals surface area contributed by atoms with Crippen molar-refractivity contribution >= 4 is 41.1 Å². The van der Waals surface area contributed by atoms with E-state index in [2.05, 4.69) is 6.07 Å². The Morgan fingerprint density at radius 3 is 2.17 bits per heavy atom. The highest BCUT2D eigenvalue weighted by molar-refractivity contribution is 6.15. The summed E-state index contributed by atoms with van der Waals surface area (Å²) < 4.78 is 29.7. The number of methoxy groups -OCH3 is 2. The second-order valence-corrected chi connectivity index (χ2v) is 15.8. The maximum absolute atomic E-state index is 14.0. The number of nitrogens with zero attached hydrogens (tertiary/aromatic N) is 3. The molecule has 60 heavy (non-hydrogen) atoms. The summed E-state index contributed by atoms with van der Waals surface area (Å²) >= 11 is 0. The first-order valence-corrected chi connectivity index (χ1v) is 20.6. The van der Waals surface area contributed by atoms with Crippen LogP contribution in [0, 0.1) is 6.92 Å². The minimum atomic E-state index is -0.245. The topological polar surface area (TPSA) is 116 Å². The van der Waals surface area contributed by atoms with Gasteiger partial charge >= 0.3 is 5.97 Å². The second kappa shape index (κ2) is 16.6. The van der Waals surface area contributed by atoms with Gasteiger partial charge in [-0.05, 0) is 121 Å². The third-order valence-electron chi connectivity index (χ3n) is 11.9. The van der Waals surface area contributed by atoms with Gasteiger partial charge in [0.1, 0.15) is 24.7 Å². The standard InChI is InChI=1S/C49H47N3O8/c1-30-18-39-33(15-16-36-22-34-10-4-6-12-42(34)51(36)48(39)54)24-44(30)59-28-31-19-32(21-38(20-31)58-17-9-8-14-47(53)57-3)29-60-46-26-41-40(25-45(46)56-2)49(55)52-37(27-50-41)23-35-11-5-7-13-43(35)52/h4-7,10-13,18-21,24-27,36-37H,8-9,14-17,22-23,28-29H2,1-3H3/t36-,37+/m1/s1. The zero-order valence-corrected chi connectivity index (χ0v) is 34.1. The summed E-state index contributed by atoms with van der Waals surface area (Å²) in [6.07, 6.45) is 6.72. The average Bonchev–Trinajstić information content (AvgIpc) is 3.76. The number of unbranched alkanes of at least 4 members (excludes halogenated alkanes) is 1. The molecule has 0 aliphatic carbocycles. The maximum Gasteiger partial charge on any atom is 0.305 e. The van der Waals surface area contributed by atoms with Gasteiger partial charge in [0, 0.05) is 48.1 Å². The minimum Gasteiger partial charge on any atom is -0.494 e. The molecule has 11 heteroatoms. The monoisotopic (exact) mass is 805 g/mol. The van der Waals surface area contributed by atoms with Crippen molar-refractivity contribution in [3.05, 3.63) is 136 Å². The largest absolute Gasteiger partial charge is 0.494 e. The number of carbonyl (C=O) groups excluding carboxylic acids is 3. The number of ether oxygens (including phenoxy) is 5. The molecule has 0 N–H and O–H groups in total. The Morgan fingerprint density at radius 2 is 1.42 bits per heavy atom. The molecule has 5 aromatic carbocycles. The summed E-state index contributed by atoms with van der Waals surface area (Å²) in [7, 11) is 2.94. The Hall–Kier alpha value is -6.62. The van der Waals surface area contributed by atoms with Crippen LogP contribution in [0.3, 0.4) is 0 Å². The first-order chi connectivity index (χ1) is 29.3. The van der Waals surface area contributed by atoms with Crippen molar-refractivity contribution < 1.29 is 38.1 Å². The van der Waals surface area contributed by atoms with Crippen LogP contribution < -0.4 is 28.7 Å². The third-order valence-corrected chi connectivity index (χ3v) is 11.9. The molecule has 5 aromatic rings. The van der Waals surface area contributed by atoms with E-state index >= 15 is 0 Å². The number of para-hydroxylation sites is 2. The average molecular weight is 806 g/mol. The fourth-order valence-electron chi connectivity index (χ4n) is 8.86. The Morgan fingerprint density at radius 1 is 0.717 bits per heavy atom. The minimum absolute atomic E-state index is 0.0452. The van der Waals surface area contributed by atoms with E-state index in [-0.39, 0.29) is 43.1 Å². The molecule has 9 rings (SSSR count). The lowest BCUT2D eigenvalue weighted by atomic mass is 9.98. The van der Waals surface area contributed by atoms with Crippen molar-refractivity contribution in [2.45, 2.75) is 77.2 Å².